The number of nitrogens with one attached hydrogen (secondary N) is 2. The van der Waals surface area contributed by atoms with Crippen molar-refractivity contribution in [3.8, 4) is 0 Å². The standard InChI is InChI=1S/C24H24FN3.ClH/c1-16-7-3-5-9-20(16)22-23(21-10-6-4-8-17(21)2)28-24(27-22)26-15-18-11-13-19(25)14-12-18;/h3-14,22-23H,15H2,1-2H3,(H2,26,27,28);1H/t22-,23+;. The Labute approximate surface area is 177 Å². The largest absolute Gasteiger partial charge is 0.352 e. The molecule has 1 aliphatic rings. The molecule has 0 aromatic heterocycles. The van der Waals surface area contributed by atoms with Crippen LogP contribution in [0, 0.1) is 19.7 Å². The van der Waals surface area contributed by atoms with Gasteiger partial charge in [-0.15, -0.1) is 12.4 Å². The summed E-state index contributed by atoms with van der Waals surface area (Å²) in [4.78, 5) is 4.97. The van der Waals surface area contributed by atoms with Gasteiger partial charge in [0.15, 0.2) is 5.96 Å². The van der Waals surface area contributed by atoms with Crippen LogP contribution in [0.15, 0.2) is 77.8 Å². The lowest BCUT2D eigenvalue weighted by Crippen LogP contribution is -2.35. The van der Waals surface area contributed by atoms with Crippen molar-refractivity contribution >= 4 is 18.4 Å². The van der Waals surface area contributed by atoms with E-state index in [1.165, 1.54) is 34.4 Å². The van der Waals surface area contributed by atoms with Crippen LogP contribution in [0.25, 0.3) is 0 Å². The summed E-state index contributed by atoms with van der Waals surface area (Å²) in [5, 5.41) is 6.94. The van der Waals surface area contributed by atoms with Crippen molar-refractivity contribution in [3.05, 3.63) is 106 Å². The summed E-state index contributed by atoms with van der Waals surface area (Å²) in [6, 6.07) is 23.4. The maximum atomic E-state index is 13.1. The van der Waals surface area contributed by atoms with Gasteiger partial charge < -0.3 is 10.6 Å². The zero-order chi connectivity index (χ0) is 19.5. The number of aryl methyl sites for hydroxylation is 2. The first-order valence-electron chi connectivity index (χ1n) is 9.55. The van der Waals surface area contributed by atoms with Crippen LogP contribution in [0.3, 0.4) is 0 Å². The molecule has 29 heavy (non-hydrogen) atoms. The van der Waals surface area contributed by atoms with Gasteiger partial charge in [-0.05, 0) is 53.8 Å². The number of rotatable bonds is 4. The van der Waals surface area contributed by atoms with Crippen LogP contribution in [-0.4, -0.2) is 5.96 Å². The third-order valence-corrected chi connectivity index (χ3v) is 5.28. The topological polar surface area (TPSA) is 36.4 Å². The Bertz CT molecular complexity index is 1000. The molecule has 0 aliphatic carbocycles. The van der Waals surface area contributed by atoms with Gasteiger partial charge in [0, 0.05) is 6.54 Å². The van der Waals surface area contributed by atoms with Gasteiger partial charge in [-0.25, -0.2) is 9.38 Å². The van der Waals surface area contributed by atoms with E-state index < -0.39 is 0 Å². The van der Waals surface area contributed by atoms with Crippen LogP contribution in [0.5, 0.6) is 0 Å². The molecule has 0 radical (unpaired) electrons. The van der Waals surface area contributed by atoms with Crippen LogP contribution >= 0.6 is 12.4 Å². The Morgan fingerprint density at radius 1 is 0.862 bits per heavy atom. The van der Waals surface area contributed by atoms with Crippen LogP contribution in [0.1, 0.15) is 39.9 Å². The summed E-state index contributed by atoms with van der Waals surface area (Å²) >= 11 is 0. The predicted molar refractivity (Wildman–Crippen MR) is 119 cm³/mol. The monoisotopic (exact) mass is 409 g/mol. The van der Waals surface area contributed by atoms with E-state index in [1.54, 1.807) is 12.1 Å². The summed E-state index contributed by atoms with van der Waals surface area (Å²) in [5.41, 5.74) is 5.96. The number of hydrogen-bond acceptors (Lipinski definition) is 3. The van der Waals surface area contributed by atoms with Gasteiger partial charge in [0.05, 0.1) is 6.04 Å². The highest BCUT2D eigenvalue weighted by molar-refractivity contribution is 5.85. The zero-order valence-corrected chi connectivity index (χ0v) is 17.3. The Balaban J connectivity index is 0.00000240. The molecule has 0 unspecified atom stereocenters. The van der Waals surface area contributed by atoms with Crippen LogP contribution in [0.4, 0.5) is 4.39 Å². The van der Waals surface area contributed by atoms with E-state index in [0.29, 0.717) is 6.54 Å². The summed E-state index contributed by atoms with van der Waals surface area (Å²) in [6.45, 7) is 4.85. The molecular formula is C24H25ClFN3. The van der Waals surface area contributed by atoms with Crippen molar-refractivity contribution in [2.75, 3.05) is 0 Å². The second kappa shape index (κ2) is 9.10. The molecule has 3 nitrogen and oxygen atoms in total. The Morgan fingerprint density at radius 3 is 2.07 bits per heavy atom. The van der Waals surface area contributed by atoms with Crippen LogP contribution in [-0.2, 0) is 6.54 Å². The SMILES string of the molecule is Cc1ccccc1[C@H]1NC(NCc2ccc(F)cc2)=N[C@H]1c1ccccc1C.Cl. The van der Waals surface area contributed by atoms with Crippen LogP contribution in [0.2, 0.25) is 0 Å². The molecule has 2 atom stereocenters. The van der Waals surface area contributed by atoms with Crippen molar-refractivity contribution in [3.63, 3.8) is 0 Å². The lowest BCUT2D eigenvalue weighted by atomic mass is 9.90. The second-order valence-corrected chi connectivity index (χ2v) is 7.24. The van der Waals surface area contributed by atoms with Crippen molar-refractivity contribution in [1.29, 1.82) is 0 Å². The normalized spacial score (nSPS) is 17.8. The number of guanidine groups is 1. The number of halogens is 2. The average molecular weight is 410 g/mol. The van der Waals surface area contributed by atoms with Gasteiger partial charge in [-0.3, -0.25) is 0 Å². The van der Waals surface area contributed by atoms with E-state index in [-0.39, 0.29) is 30.3 Å². The molecule has 4 rings (SSSR count). The molecule has 0 bridgehead atoms. The van der Waals surface area contributed by atoms with E-state index in [1.807, 2.05) is 0 Å². The summed E-state index contributed by atoms with van der Waals surface area (Å²) in [6.07, 6.45) is 0. The Morgan fingerprint density at radius 2 is 1.45 bits per heavy atom. The molecule has 1 aliphatic heterocycles. The van der Waals surface area contributed by atoms with E-state index in [4.69, 9.17) is 4.99 Å². The fourth-order valence-electron chi connectivity index (χ4n) is 3.71. The molecule has 2 N–H and O–H groups in total. The van der Waals surface area contributed by atoms with E-state index in [2.05, 4.69) is 73.0 Å². The Kier molecular flexibility index (Phi) is 6.55. The summed E-state index contributed by atoms with van der Waals surface area (Å²) < 4.78 is 13.1. The number of nitrogens with zero attached hydrogens (tertiary/aromatic N) is 1. The first kappa shape index (κ1) is 20.9. The number of hydrogen-bond donors (Lipinski definition) is 2. The van der Waals surface area contributed by atoms with E-state index in [9.17, 15) is 4.39 Å². The summed E-state index contributed by atoms with van der Waals surface area (Å²) in [5.74, 6) is 0.546. The predicted octanol–water partition coefficient (Wildman–Crippen LogP) is 5.40. The fraction of sp³-hybridized carbons (Fsp3) is 0.208. The van der Waals surface area contributed by atoms with Gasteiger partial charge >= 0.3 is 0 Å². The summed E-state index contributed by atoms with van der Waals surface area (Å²) in [7, 11) is 0. The minimum absolute atomic E-state index is 0. The molecule has 1 heterocycles. The minimum Gasteiger partial charge on any atom is -0.352 e. The highest BCUT2D eigenvalue weighted by Crippen LogP contribution is 2.38. The molecule has 5 heteroatoms. The average Bonchev–Trinajstić information content (AvgIpc) is 3.12. The second-order valence-electron chi connectivity index (χ2n) is 7.24. The first-order valence-corrected chi connectivity index (χ1v) is 9.55. The fourth-order valence-corrected chi connectivity index (χ4v) is 3.71. The minimum atomic E-state index is -0.223. The number of aliphatic imine (C=N–C) groups is 1. The molecule has 0 saturated carbocycles. The molecule has 0 spiro atoms. The Hall–Kier alpha value is -2.85. The van der Waals surface area contributed by atoms with Crippen molar-refractivity contribution in [2.24, 2.45) is 4.99 Å². The first-order chi connectivity index (χ1) is 13.6. The lowest BCUT2D eigenvalue weighted by molar-refractivity contribution is 0.565. The van der Waals surface area contributed by atoms with Gasteiger partial charge in [-0.2, -0.15) is 0 Å². The maximum Gasteiger partial charge on any atom is 0.192 e. The van der Waals surface area contributed by atoms with Gasteiger partial charge in [0.2, 0.25) is 0 Å². The number of benzene rings is 3. The van der Waals surface area contributed by atoms with Crippen molar-refractivity contribution < 1.29 is 4.39 Å². The highest BCUT2D eigenvalue weighted by Gasteiger charge is 2.32. The zero-order valence-electron chi connectivity index (χ0n) is 16.5. The molecular weight excluding hydrogens is 385 g/mol. The van der Waals surface area contributed by atoms with Crippen LogP contribution < -0.4 is 10.6 Å². The van der Waals surface area contributed by atoms with E-state index in [0.717, 1.165) is 11.5 Å². The lowest BCUT2D eigenvalue weighted by Gasteiger charge is -2.22. The van der Waals surface area contributed by atoms with Gasteiger partial charge in [0.1, 0.15) is 11.9 Å². The highest BCUT2D eigenvalue weighted by atomic mass is 35.5. The quantitative estimate of drug-likeness (QED) is 0.605. The molecule has 3 aromatic carbocycles. The van der Waals surface area contributed by atoms with Gasteiger partial charge in [-0.1, -0.05) is 60.7 Å². The van der Waals surface area contributed by atoms with Crippen molar-refractivity contribution in [2.45, 2.75) is 32.5 Å². The van der Waals surface area contributed by atoms with Gasteiger partial charge in [0.25, 0.3) is 0 Å². The van der Waals surface area contributed by atoms with Crippen molar-refractivity contribution in [1.82, 2.24) is 10.6 Å². The maximum absolute atomic E-state index is 13.1. The molecule has 3 aromatic rings. The molecule has 150 valence electrons. The molecule has 0 saturated heterocycles. The van der Waals surface area contributed by atoms with E-state index >= 15 is 0 Å². The third-order valence-electron chi connectivity index (χ3n) is 5.28. The third kappa shape index (κ3) is 4.60. The smallest absolute Gasteiger partial charge is 0.192 e. The molecule has 0 amide bonds. The molecule has 0 fully saturated rings.